The lowest BCUT2D eigenvalue weighted by molar-refractivity contribution is 0.0788. The molecular formula is C14H16N4OS2. The summed E-state index contributed by atoms with van der Waals surface area (Å²) in [5.74, 6) is 5.78. The Labute approximate surface area is 131 Å². The van der Waals surface area contributed by atoms with E-state index in [1.807, 2.05) is 18.4 Å². The van der Waals surface area contributed by atoms with E-state index in [0.717, 1.165) is 27.7 Å². The van der Waals surface area contributed by atoms with E-state index in [2.05, 4.69) is 21.4 Å². The first-order valence-electron chi connectivity index (χ1n) is 6.48. The lowest BCUT2D eigenvalue weighted by Crippen LogP contribution is -2.26. The van der Waals surface area contributed by atoms with E-state index in [4.69, 9.17) is 5.73 Å². The highest BCUT2D eigenvalue weighted by Crippen LogP contribution is 2.18. The van der Waals surface area contributed by atoms with Gasteiger partial charge in [-0.3, -0.25) is 4.79 Å². The molecule has 0 aliphatic heterocycles. The molecule has 5 nitrogen and oxygen atoms in total. The van der Waals surface area contributed by atoms with Crippen molar-refractivity contribution in [3.05, 3.63) is 32.5 Å². The molecule has 0 unspecified atom stereocenters. The van der Waals surface area contributed by atoms with Gasteiger partial charge in [-0.25, -0.2) is 0 Å². The van der Waals surface area contributed by atoms with Gasteiger partial charge >= 0.3 is 0 Å². The summed E-state index contributed by atoms with van der Waals surface area (Å²) in [5.41, 5.74) is 7.18. The summed E-state index contributed by atoms with van der Waals surface area (Å²) in [6.07, 6.45) is 0.711. The molecule has 1 amide bonds. The van der Waals surface area contributed by atoms with Gasteiger partial charge in [0.1, 0.15) is 4.88 Å². The van der Waals surface area contributed by atoms with Gasteiger partial charge < -0.3 is 10.6 Å². The molecular weight excluding hydrogens is 304 g/mol. The van der Waals surface area contributed by atoms with Crippen LogP contribution >= 0.6 is 22.9 Å². The quantitative estimate of drug-likeness (QED) is 0.871. The SMILES string of the molecule is CCc1nnsc1C(=O)N(C)Cc1csc(C#CCN)c1. The van der Waals surface area contributed by atoms with Crippen molar-refractivity contribution in [2.75, 3.05) is 13.6 Å². The summed E-state index contributed by atoms with van der Waals surface area (Å²) in [6, 6.07) is 1.99. The van der Waals surface area contributed by atoms with Gasteiger partial charge in [-0.2, -0.15) is 0 Å². The number of carbonyl (C=O) groups is 1. The first-order valence-corrected chi connectivity index (χ1v) is 8.14. The molecule has 0 aromatic carbocycles. The lowest BCUT2D eigenvalue weighted by Gasteiger charge is -2.15. The minimum Gasteiger partial charge on any atom is -0.337 e. The van der Waals surface area contributed by atoms with Gasteiger partial charge in [0.2, 0.25) is 0 Å². The molecule has 2 rings (SSSR count). The maximum atomic E-state index is 12.4. The van der Waals surface area contributed by atoms with Crippen molar-refractivity contribution in [2.24, 2.45) is 5.73 Å². The van der Waals surface area contributed by atoms with Crippen molar-refractivity contribution < 1.29 is 4.79 Å². The van der Waals surface area contributed by atoms with Crippen LogP contribution in [0.1, 0.15) is 32.7 Å². The largest absolute Gasteiger partial charge is 0.337 e. The summed E-state index contributed by atoms with van der Waals surface area (Å²) in [6.45, 7) is 2.86. The number of hydrogen-bond donors (Lipinski definition) is 1. The van der Waals surface area contributed by atoms with Crippen molar-refractivity contribution in [1.29, 1.82) is 0 Å². The number of carbonyl (C=O) groups excluding carboxylic acids is 1. The molecule has 0 aliphatic carbocycles. The van der Waals surface area contributed by atoms with Gasteiger partial charge in [0.15, 0.2) is 0 Å². The summed E-state index contributed by atoms with van der Waals surface area (Å²) in [4.78, 5) is 15.6. The molecule has 2 N–H and O–H groups in total. The van der Waals surface area contributed by atoms with Gasteiger partial charge in [0, 0.05) is 13.6 Å². The number of aryl methyl sites for hydroxylation is 1. The van der Waals surface area contributed by atoms with Crippen LogP contribution in [0.2, 0.25) is 0 Å². The summed E-state index contributed by atoms with van der Waals surface area (Å²) >= 11 is 2.71. The number of amides is 1. The monoisotopic (exact) mass is 320 g/mol. The molecule has 0 bridgehead atoms. The van der Waals surface area contributed by atoms with E-state index < -0.39 is 0 Å². The van der Waals surface area contributed by atoms with Crippen LogP contribution in [0.3, 0.4) is 0 Å². The molecule has 21 heavy (non-hydrogen) atoms. The Morgan fingerprint density at radius 1 is 1.52 bits per heavy atom. The van der Waals surface area contributed by atoms with E-state index in [1.54, 1.807) is 23.3 Å². The van der Waals surface area contributed by atoms with Crippen LogP contribution in [0, 0.1) is 11.8 Å². The molecule has 0 saturated heterocycles. The van der Waals surface area contributed by atoms with Crippen molar-refractivity contribution in [1.82, 2.24) is 14.5 Å². The fourth-order valence-corrected chi connectivity index (χ4v) is 3.30. The molecule has 0 fully saturated rings. The average Bonchev–Trinajstić information content (AvgIpc) is 3.12. The van der Waals surface area contributed by atoms with Gasteiger partial charge in [-0.1, -0.05) is 23.3 Å². The molecule has 110 valence electrons. The number of nitrogens with zero attached hydrogens (tertiary/aromatic N) is 3. The standard InChI is InChI=1S/C14H16N4OS2/c1-3-12-13(21-17-16-12)14(19)18(2)8-10-7-11(20-9-10)5-4-6-15/h7,9H,3,6,8,15H2,1-2H3. The summed E-state index contributed by atoms with van der Waals surface area (Å²) in [7, 11) is 1.78. The molecule has 0 saturated carbocycles. The lowest BCUT2D eigenvalue weighted by atomic mass is 10.2. The van der Waals surface area contributed by atoms with Crippen LogP contribution in [0.4, 0.5) is 0 Å². The van der Waals surface area contributed by atoms with Gasteiger partial charge in [-0.05, 0) is 35.0 Å². The van der Waals surface area contributed by atoms with E-state index >= 15 is 0 Å². The van der Waals surface area contributed by atoms with Crippen LogP contribution in [0.25, 0.3) is 0 Å². The molecule has 2 heterocycles. The Hall–Kier alpha value is -1.75. The van der Waals surface area contributed by atoms with Crippen LogP contribution < -0.4 is 5.73 Å². The van der Waals surface area contributed by atoms with E-state index in [-0.39, 0.29) is 5.91 Å². The predicted octanol–water partition coefficient (Wildman–Crippen LogP) is 1.74. The molecule has 0 spiro atoms. The van der Waals surface area contributed by atoms with Gasteiger partial charge in [0.25, 0.3) is 5.91 Å². The van der Waals surface area contributed by atoms with E-state index in [0.29, 0.717) is 24.4 Å². The zero-order chi connectivity index (χ0) is 15.2. The Morgan fingerprint density at radius 2 is 2.33 bits per heavy atom. The Balaban J connectivity index is 2.05. The van der Waals surface area contributed by atoms with E-state index in [1.165, 1.54) is 0 Å². The third-order valence-corrected chi connectivity index (χ3v) is 4.47. The van der Waals surface area contributed by atoms with Crippen molar-refractivity contribution >= 4 is 28.8 Å². The first kappa shape index (κ1) is 15.6. The zero-order valence-electron chi connectivity index (χ0n) is 11.9. The Bertz CT molecular complexity index is 680. The highest BCUT2D eigenvalue weighted by Gasteiger charge is 2.19. The third kappa shape index (κ3) is 3.88. The maximum absolute atomic E-state index is 12.4. The average molecular weight is 320 g/mol. The highest BCUT2D eigenvalue weighted by molar-refractivity contribution is 7.10. The number of rotatable bonds is 4. The summed E-state index contributed by atoms with van der Waals surface area (Å²) in [5, 5.41) is 5.99. The zero-order valence-corrected chi connectivity index (χ0v) is 13.6. The predicted molar refractivity (Wildman–Crippen MR) is 85.3 cm³/mol. The Morgan fingerprint density at radius 3 is 3.05 bits per heavy atom. The fraction of sp³-hybridized carbons (Fsp3) is 0.357. The molecule has 0 aliphatic rings. The first-order chi connectivity index (χ1) is 10.2. The number of nitrogens with two attached hydrogens (primary N) is 1. The molecule has 0 atom stereocenters. The van der Waals surface area contributed by atoms with Crippen LogP contribution in [-0.2, 0) is 13.0 Å². The normalized spacial score (nSPS) is 10.0. The van der Waals surface area contributed by atoms with Crippen molar-refractivity contribution in [3.63, 3.8) is 0 Å². The van der Waals surface area contributed by atoms with Crippen LogP contribution in [0.5, 0.6) is 0 Å². The molecule has 2 aromatic heterocycles. The van der Waals surface area contributed by atoms with Crippen LogP contribution in [0.15, 0.2) is 11.4 Å². The number of aromatic nitrogens is 2. The smallest absolute Gasteiger partial charge is 0.267 e. The minimum atomic E-state index is -0.0392. The second-order valence-corrected chi connectivity index (χ2v) is 6.05. The van der Waals surface area contributed by atoms with Crippen LogP contribution in [-0.4, -0.2) is 34.0 Å². The fourth-order valence-electron chi connectivity index (χ4n) is 1.78. The topological polar surface area (TPSA) is 72.1 Å². The van der Waals surface area contributed by atoms with Gasteiger partial charge in [0.05, 0.1) is 17.1 Å². The minimum absolute atomic E-state index is 0.0392. The molecule has 2 aromatic rings. The Kier molecular flexibility index (Phi) is 5.44. The summed E-state index contributed by atoms with van der Waals surface area (Å²) < 4.78 is 3.86. The third-order valence-electron chi connectivity index (χ3n) is 2.82. The van der Waals surface area contributed by atoms with Gasteiger partial charge in [-0.15, -0.1) is 16.4 Å². The van der Waals surface area contributed by atoms with Crippen molar-refractivity contribution in [2.45, 2.75) is 19.9 Å². The van der Waals surface area contributed by atoms with E-state index in [9.17, 15) is 4.79 Å². The highest BCUT2D eigenvalue weighted by atomic mass is 32.1. The number of thiophene rings is 1. The van der Waals surface area contributed by atoms with Crippen molar-refractivity contribution in [3.8, 4) is 11.8 Å². The molecule has 7 heteroatoms. The molecule has 0 radical (unpaired) electrons. The number of hydrogen-bond acceptors (Lipinski definition) is 6. The second kappa shape index (κ2) is 7.31. The second-order valence-electron chi connectivity index (χ2n) is 4.39. The maximum Gasteiger partial charge on any atom is 0.267 e.